The molecule has 6 nitrogen and oxygen atoms in total. The molecule has 0 unspecified atom stereocenters. The second-order valence-electron chi connectivity index (χ2n) is 3.84. The van der Waals surface area contributed by atoms with Gasteiger partial charge in [-0.2, -0.15) is 0 Å². The smallest absolute Gasteiger partial charge is 0.293 e. The number of nitro groups is 1. The summed E-state index contributed by atoms with van der Waals surface area (Å²) in [7, 11) is 0. The molecule has 0 bridgehead atoms. The molecule has 7 heteroatoms. The highest BCUT2D eigenvalue weighted by molar-refractivity contribution is 6.29. The zero-order valence-corrected chi connectivity index (χ0v) is 10.6. The largest absolute Gasteiger partial charge is 0.440 e. The minimum atomic E-state index is -0.598. The van der Waals surface area contributed by atoms with Gasteiger partial charge in [0.2, 0.25) is 0 Å². The standard InChI is InChI=1S/C12H9ClN2O4/c1-7-2-3-8(9(6-7)15(17)18)14-12(16)10-4-5-11(13)19-10/h2-6H,1H3,(H,14,16). The number of hydrogen-bond donors (Lipinski definition) is 1. The zero-order valence-electron chi connectivity index (χ0n) is 9.84. The summed E-state index contributed by atoms with van der Waals surface area (Å²) in [4.78, 5) is 22.1. The molecule has 0 spiro atoms. The first kappa shape index (κ1) is 13.1. The molecule has 19 heavy (non-hydrogen) atoms. The summed E-state index contributed by atoms with van der Waals surface area (Å²) in [6.45, 7) is 1.73. The average Bonchev–Trinajstić information content (AvgIpc) is 2.78. The SMILES string of the molecule is Cc1ccc(NC(=O)c2ccc(Cl)o2)c([N+](=O)[O-])c1. The van der Waals surface area contributed by atoms with Crippen molar-refractivity contribution in [1.29, 1.82) is 0 Å². The third-order valence-electron chi connectivity index (χ3n) is 2.40. The van der Waals surface area contributed by atoms with Crippen LogP contribution in [0.5, 0.6) is 0 Å². The Labute approximate surface area is 113 Å². The summed E-state index contributed by atoms with van der Waals surface area (Å²) in [6, 6.07) is 7.32. The number of benzene rings is 1. The summed E-state index contributed by atoms with van der Waals surface area (Å²) in [5, 5.41) is 13.4. The highest BCUT2D eigenvalue weighted by atomic mass is 35.5. The van der Waals surface area contributed by atoms with Crippen LogP contribution in [0.25, 0.3) is 0 Å². The maximum atomic E-state index is 11.8. The summed E-state index contributed by atoms with van der Waals surface area (Å²) in [5.74, 6) is -0.612. The van der Waals surface area contributed by atoms with Crippen molar-refractivity contribution in [2.45, 2.75) is 6.92 Å². The van der Waals surface area contributed by atoms with Crippen molar-refractivity contribution in [1.82, 2.24) is 0 Å². The number of carbonyl (C=O) groups excluding carboxylic acids is 1. The van der Waals surface area contributed by atoms with Crippen molar-refractivity contribution < 1.29 is 14.1 Å². The van der Waals surface area contributed by atoms with Gasteiger partial charge >= 0.3 is 0 Å². The molecule has 0 saturated carbocycles. The van der Waals surface area contributed by atoms with Gasteiger partial charge in [0.15, 0.2) is 11.0 Å². The first-order chi connectivity index (χ1) is 8.97. The van der Waals surface area contributed by atoms with E-state index in [1.165, 1.54) is 24.3 Å². The van der Waals surface area contributed by atoms with Crippen LogP contribution in [0.2, 0.25) is 5.22 Å². The van der Waals surface area contributed by atoms with Gasteiger partial charge in [0, 0.05) is 6.07 Å². The summed E-state index contributed by atoms with van der Waals surface area (Å²) in [5.41, 5.74) is 0.657. The van der Waals surface area contributed by atoms with Gasteiger partial charge in [0.25, 0.3) is 11.6 Å². The minimum Gasteiger partial charge on any atom is -0.440 e. The molecular weight excluding hydrogens is 272 g/mol. The Morgan fingerprint density at radius 3 is 2.68 bits per heavy atom. The van der Waals surface area contributed by atoms with E-state index < -0.39 is 10.8 Å². The molecule has 1 aromatic carbocycles. The molecule has 2 aromatic rings. The lowest BCUT2D eigenvalue weighted by Crippen LogP contribution is -2.12. The van der Waals surface area contributed by atoms with Crippen LogP contribution in [0.4, 0.5) is 11.4 Å². The second-order valence-corrected chi connectivity index (χ2v) is 4.21. The Hall–Kier alpha value is -2.34. The van der Waals surface area contributed by atoms with Crippen LogP contribution in [0.15, 0.2) is 34.7 Å². The van der Waals surface area contributed by atoms with Gasteiger partial charge in [-0.3, -0.25) is 14.9 Å². The van der Waals surface area contributed by atoms with E-state index in [1.54, 1.807) is 13.0 Å². The second kappa shape index (κ2) is 5.11. The molecular formula is C12H9ClN2O4. The number of rotatable bonds is 3. The first-order valence-electron chi connectivity index (χ1n) is 5.29. The van der Waals surface area contributed by atoms with Crippen LogP contribution in [-0.4, -0.2) is 10.8 Å². The molecule has 1 N–H and O–H groups in total. The summed E-state index contributed by atoms with van der Waals surface area (Å²) in [6.07, 6.45) is 0. The summed E-state index contributed by atoms with van der Waals surface area (Å²) < 4.78 is 4.93. The van der Waals surface area contributed by atoms with Gasteiger partial charge in [-0.1, -0.05) is 6.07 Å². The molecule has 0 radical (unpaired) electrons. The fourth-order valence-electron chi connectivity index (χ4n) is 1.52. The number of nitrogens with one attached hydrogen (secondary N) is 1. The number of nitrogens with zero attached hydrogens (tertiary/aromatic N) is 1. The number of nitro benzene ring substituents is 1. The van der Waals surface area contributed by atoms with Gasteiger partial charge < -0.3 is 9.73 Å². The fraction of sp³-hybridized carbons (Fsp3) is 0.0833. The van der Waals surface area contributed by atoms with Crippen molar-refractivity contribution in [2.75, 3.05) is 5.32 Å². The lowest BCUT2D eigenvalue weighted by atomic mass is 10.2. The number of aryl methyl sites for hydroxylation is 1. The normalized spacial score (nSPS) is 10.2. The van der Waals surface area contributed by atoms with E-state index in [-0.39, 0.29) is 22.4 Å². The average molecular weight is 281 g/mol. The molecule has 0 atom stereocenters. The molecule has 0 aliphatic carbocycles. The fourth-order valence-corrected chi connectivity index (χ4v) is 1.66. The highest BCUT2D eigenvalue weighted by Gasteiger charge is 2.18. The zero-order chi connectivity index (χ0) is 14.0. The van der Waals surface area contributed by atoms with Gasteiger partial charge in [0.1, 0.15) is 5.69 Å². The van der Waals surface area contributed by atoms with Crippen LogP contribution in [0.1, 0.15) is 16.1 Å². The van der Waals surface area contributed by atoms with Crippen LogP contribution < -0.4 is 5.32 Å². The van der Waals surface area contributed by atoms with Crippen LogP contribution >= 0.6 is 11.6 Å². The topological polar surface area (TPSA) is 85.4 Å². The molecule has 2 rings (SSSR count). The molecule has 98 valence electrons. The number of amides is 1. The highest BCUT2D eigenvalue weighted by Crippen LogP contribution is 2.26. The van der Waals surface area contributed by atoms with Gasteiger partial charge in [0.05, 0.1) is 4.92 Å². The number of anilines is 1. The predicted molar refractivity (Wildman–Crippen MR) is 69.5 cm³/mol. The molecule has 0 saturated heterocycles. The van der Waals surface area contributed by atoms with Crippen LogP contribution in [-0.2, 0) is 0 Å². The molecule has 0 aliphatic heterocycles. The van der Waals surface area contributed by atoms with Gasteiger partial charge in [-0.05, 0) is 42.3 Å². The van der Waals surface area contributed by atoms with Crippen molar-refractivity contribution in [2.24, 2.45) is 0 Å². The van der Waals surface area contributed by atoms with Gasteiger partial charge in [-0.15, -0.1) is 0 Å². The van der Waals surface area contributed by atoms with Crippen LogP contribution in [0, 0.1) is 17.0 Å². The Kier molecular flexibility index (Phi) is 3.52. The number of hydrogen-bond acceptors (Lipinski definition) is 4. The van der Waals surface area contributed by atoms with Crippen LogP contribution in [0.3, 0.4) is 0 Å². The van der Waals surface area contributed by atoms with Crippen molar-refractivity contribution in [3.63, 3.8) is 0 Å². The first-order valence-corrected chi connectivity index (χ1v) is 5.67. The maximum absolute atomic E-state index is 11.8. The van der Waals surface area contributed by atoms with Crippen molar-refractivity contribution >= 4 is 28.9 Å². The third-order valence-corrected chi connectivity index (χ3v) is 2.60. The van der Waals surface area contributed by atoms with E-state index in [0.717, 1.165) is 5.56 Å². The Morgan fingerprint density at radius 1 is 1.37 bits per heavy atom. The molecule has 0 fully saturated rings. The number of furan rings is 1. The van der Waals surface area contributed by atoms with Crippen molar-refractivity contribution in [3.8, 4) is 0 Å². The van der Waals surface area contributed by atoms with Crippen molar-refractivity contribution in [3.05, 3.63) is 57.0 Å². The third kappa shape index (κ3) is 2.92. The number of carbonyl (C=O) groups is 1. The number of halogens is 1. The van der Waals surface area contributed by atoms with E-state index >= 15 is 0 Å². The molecule has 1 heterocycles. The Morgan fingerprint density at radius 2 is 2.11 bits per heavy atom. The van der Waals surface area contributed by atoms with E-state index in [4.69, 9.17) is 16.0 Å². The van der Waals surface area contributed by atoms with Gasteiger partial charge in [-0.25, -0.2) is 0 Å². The molecule has 1 aromatic heterocycles. The van der Waals surface area contributed by atoms with E-state index in [0.29, 0.717) is 0 Å². The molecule has 1 amide bonds. The van der Waals surface area contributed by atoms with E-state index in [1.807, 2.05) is 0 Å². The quantitative estimate of drug-likeness (QED) is 0.689. The lowest BCUT2D eigenvalue weighted by molar-refractivity contribution is -0.384. The predicted octanol–water partition coefficient (Wildman–Crippen LogP) is 3.40. The molecule has 0 aliphatic rings. The van der Waals surface area contributed by atoms with E-state index in [9.17, 15) is 14.9 Å². The lowest BCUT2D eigenvalue weighted by Gasteiger charge is -2.05. The van der Waals surface area contributed by atoms with E-state index in [2.05, 4.69) is 5.32 Å². The minimum absolute atomic E-state index is 0.0140. The summed E-state index contributed by atoms with van der Waals surface area (Å²) >= 11 is 5.56. The monoisotopic (exact) mass is 280 g/mol. The Bertz CT molecular complexity index is 651. The maximum Gasteiger partial charge on any atom is 0.293 e. The Balaban J connectivity index is 2.28.